The summed E-state index contributed by atoms with van der Waals surface area (Å²) < 4.78 is 29.7. The summed E-state index contributed by atoms with van der Waals surface area (Å²) >= 11 is 0. The van der Waals surface area contributed by atoms with E-state index in [1.807, 2.05) is 25.8 Å². The Balaban J connectivity index is 1.73. The number of pyridine rings is 1. The molecule has 2 aliphatic rings. The number of amides is 2. The third-order valence-corrected chi connectivity index (χ3v) is 6.72. The Morgan fingerprint density at radius 1 is 1.21 bits per heavy atom. The van der Waals surface area contributed by atoms with Gasteiger partial charge in [-0.3, -0.25) is 24.1 Å². The minimum atomic E-state index is -1.02. The zero-order valence-corrected chi connectivity index (χ0v) is 19.6. The van der Waals surface area contributed by atoms with E-state index in [0.717, 1.165) is 25.0 Å². The van der Waals surface area contributed by atoms with Crippen LogP contribution >= 0.6 is 0 Å². The number of aromatic hydroxyl groups is 1. The number of nitrogens with zero attached hydrogens (tertiary/aromatic N) is 3. The van der Waals surface area contributed by atoms with Crippen LogP contribution in [0.4, 0.5) is 8.78 Å². The Morgan fingerprint density at radius 3 is 2.47 bits per heavy atom. The molecule has 2 atom stereocenters. The van der Waals surface area contributed by atoms with E-state index in [-0.39, 0.29) is 35.9 Å². The molecule has 0 aliphatic carbocycles. The van der Waals surface area contributed by atoms with Gasteiger partial charge in [-0.1, -0.05) is 13.8 Å². The Hall–Kier alpha value is -3.43. The van der Waals surface area contributed by atoms with Crippen molar-refractivity contribution in [3.8, 4) is 5.75 Å². The molecule has 2 bridgehead atoms. The summed E-state index contributed by atoms with van der Waals surface area (Å²) in [6.45, 7) is 7.32. The summed E-state index contributed by atoms with van der Waals surface area (Å²) in [5, 5.41) is 14.9. The van der Waals surface area contributed by atoms with Gasteiger partial charge in [-0.15, -0.1) is 0 Å². The first-order valence-electron chi connectivity index (χ1n) is 11.3. The van der Waals surface area contributed by atoms with Gasteiger partial charge in [-0.25, -0.2) is 8.78 Å². The zero-order chi connectivity index (χ0) is 24.9. The first-order valence-corrected chi connectivity index (χ1v) is 11.3. The van der Waals surface area contributed by atoms with Gasteiger partial charge in [-0.05, 0) is 50.3 Å². The van der Waals surface area contributed by atoms with Gasteiger partial charge in [0.15, 0.2) is 11.4 Å². The number of carbonyl (C=O) groups excluding carboxylic acids is 2. The van der Waals surface area contributed by atoms with E-state index in [1.54, 1.807) is 11.8 Å². The van der Waals surface area contributed by atoms with Crippen LogP contribution in [-0.2, 0) is 6.54 Å². The number of hydrogen-bond acceptors (Lipinski definition) is 5. The highest BCUT2D eigenvalue weighted by molar-refractivity contribution is 5.99. The number of aryl methyl sites for hydroxylation is 1. The van der Waals surface area contributed by atoms with Crippen LogP contribution in [-0.4, -0.2) is 45.2 Å². The molecule has 8 nitrogen and oxygen atoms in total. The Labute approximate surface area is 195 Å². The average molecular weight is 475 g/mol. The zero-order valence-electron chi connectivity index (χ0n) is 19.6. The summed E-state index contributed by atoms with van der Waals surface area (Å²) in [7, 11) is 0. The lowest BCUT2D eigenvalue weighted by Crippen LogP contribution is -2.58. The summed E-state index contributed by atoms with van der Waals surface area (Å²) in [6, 6.07) is 2.21. The van der Waals surface area contributed by atoms with Crippen LogP contribution in [0.2, 0.25) is 0 Å². The lowest BCUT2D eigenvalue weighted by molar-refractivity contribution is 0.0623. The quantitative estimate of drug-likeness (QED) is 0.711. The normalized spacial score (nSPS) is 19.8. The second-order valence-corrected chi connectivity index (χ2v) is 9.40. The largest absolute Gasteiger partial charge is 0.502 e. The standard InChI is InChI=1S/C24H28F2N4O4/c1-12(2)19-6-5-14(4)28-11-30(19)29-10-16(21(31)22(32)20(29)24(28)34)23(33)27-9-15-17(25)7-13(3)8-18(15)26/h7-8,10,12,14,19,32H,5-6,9,11H2,1-4H3,(H,27,33)/t14-,19-/m0/s1. The third kappa shape index (κ3) is 3.91. The lowest BCUT2D eigenvalue weighted by Gasteiger charge is -2.43. The monoisotopic (exact) mass is 474 g/mol. The van der Waals surface area contributed by atoms with Crippen molar-refractivity contribution in [2.24, 2.45) is 5.92 Å². The summed E-state index contributed by atoms with van der Waals surface area (Å²) in [5.74, 6) is -3.65. The van der Waals surface area contributed by atoms with Crippen molar-refractivity contribution < 1.29 is 23.5 Å². The van der Waals surface area contributed by atoms with E-state index in [4.69, 9.17) is 0 Å². The van der Waals surface area contributed by atoms with Gasteiger partial charge in [0, 0.05) is 30.4 Å². The molecule has 10 heteroatoms. The highest BCUT2D eigenvalue weighted by Crippen LogP contribution is 2.31. The van der Waals surface area contributed by atoms with Gasteiger partial charge < -0.3 is 15.3 Å². The minimum Gasteiger partial charge on any atom is -0.502 e. The second kappa shape index (κ2) is 8.73. The van der Waals surface area contributed by atoms with Crippen LogP contribution in [0.1, 0.15) is 65.6 Å². The SMILES string of the molecule is Cc1cc(F)c(CNC(=O)c2cn3c(c(O)c2=O)C(=O)N2CN3[C@H](C(C)C)CC[C@@H]2C)c(F)c1. The van der Waals surface area contributed by atoms with E-state index in [2.05, 4.69) is 5.32 Å². The van der Waals surface area contributed by atoms with Gasteiger partial charge in [-0.2, -0.15) is 0 Å². The fourth-order valence-electron chi connectivity index (χ4n) is 4.74. The molecule has 4 rings (SSSR count). The third-order valence-electron chi connectivity index (χ3n) is 6.72. The molecule has 1 aromatic carbocycles. The van der Waals surface area contributed by atoms with Crippen molar-refractivity contribution in [1.82, 2.24) is 14.9 Å². The maximum absolute atomic E-state index is 14.2. The first kappa shape index (κ1) is 23.7. The van der Waals surface area contributed by atoms with Crippen LogP contribution < -0.4 is 15.8 Å². The van der Waals surface area contributed by atoms with E-state index in [1.165, 1.54) is 10.9 Å². The smallest absolute Gasteiger partial charge is 0.278 e. The number of fused-ring (bicyclic) bond motifs is 4. The Bertz CT molecular complexity index is 1200. The van der Waals surface area contributed by atoms with Crippen molar-refractivity contribution in [3.05, 3.63) is 62.6 Å². The number of carbonyl (C=O) groups is 2. The van der Waals surface area contributed by atoms with E-state index in [9.17, 15) is 28.3 Å². The maximum Gasteiger partial charge on any atom is 0.278 e. The van der Waals surface area contributed by atoms with Crippen molar-refractivity contribution in [1.29, 1.82) is 0 Å². The molecule has 1 aromatic heterocycles. The van der Waals surface area contributed by atoms with E-state index in [0.29, 0.717) is 5.56 Å². The Morgan fingerprint density at radius 2 is 1.85 bits per heavy atom. The van der Waals surface area contributed by atoms with Gasteiger partial charge in [0.2, 0.25) is 5.43 Å². The van der Waals surface area contributed by atoms with Gasteiger partial charge in [0.05, 0.1) is 0 Å². The van der Waals surface area contributed by atoms with E-state index < -0.39 is 46.7 Å². The van der Waals surface area contributed by atoms with Crippen molar-refractivity contribution in [2.45, 2.75) is 59.2 Å². The predicted molar refractivity (Wildman–Crippen MR) is 121 cm³/mol. The number of benzene rings is 1. The highest BCUT2D eigenvalue weighted by Gasteiger charge is 2.41. The maximum atomic E-state index is 14.2. The van der Waals surface area contributed by atoms with Gasteiger partial charge in [0.1, 0.15) is 23.9 Å². The molecule has 3 heterocycles. The van der Waals surface area contributed by atoms with Crippen molar-refractivity contribution >= 4 is 11.8 Å². The van der Waals surface area contributed by atoms with Crippen LogP contribution in [0, 0.1) is 24.5 Å². The molecule has 2 N–H and O–H groups in total. The predicted octanol–water partition coefficient (Wildman–Crippen LogP) is 2.63. The molecule has 2 aliphatic heterocycles. The minimum absolute atomic E-state index is 0.00661. The molecule has 0 saturated carbocycles. The summed E-state index contributed by atoms with van der Waals surface area (Å²) in [4.78, 5) is 40.5. The molecule has 34 heavy (non-hydrogen) atoms. The van der Waals surface area contributed by atoms with Crippen LogP contribution in [0.3, 0.4) is 0 Å². The number of hydrogen-bond donors (Lipinski definition) is 2. The number of halogens is 2. The van der Waals surface area contributed by atoms with Crippen LogP contribution in [0.15, 0.2) is 23.1 Å². The molecular formula is C24H28F2N4O4. The summed E-state index contributed by atoms with van der Waals surface area (Å²) in [6.07, 6.45) is 2.77. The number of rotatable bonds is 4. The topological polar surface area (TPSA) is 94.9 Å². The molecule has 2 aromatic rings. The van der Waals surface area contributed by atoms with E-state index >= 15 is 0 Å². The van der Waals surface area contributed by atoms with Crippen molar-refractivity contribution in [2.75, 3.05) is 11.7 Å². The fraction of sp³-hybridized carbons (Fsp3) is 0.458. The Kier molecular flexibility index (Phi) is 6.09. The molecule has 182 valence electrons. The van der Waals surface area contributed by atoms with Gasteiger partial charge in [0.25, 0.3) is 11.8 Å². The van der Waals surface area contributed by atoms with Crippen LogP contribution in [0.25, 0.3) is 0 Å². The average Bonchev–Trinajstić information content (AvgIpc) is 2.90. The number of nitrogens with one attached hydrogen (secondary N) is 1. The first-order chi connectivity index (χ1) is 16.0. The fourth-order valence-corrected chi connectivity index (χ4v) is 4.74. The molecular weight excluding hydrogens is 446 g/mol. The lowest BCUT2D eigenvalue weighted by atomic mass is 9.98. The van der Waals surface area contributed by atoms with Crippen LogP contribution in [0.5, 0.6) is 5.75 Å². The second-order valence-electron chi connectivity index (χ2n) is 9.40. The molecule has 1 fully saturated rings. The molecule has 0 unspecified atom stereocenters. The molecule has 0 spiro atoms. The number of aromatic nitrogens is 1. The van der Waals surface area contributed by atoms with Gasteiger partial charge >= 0.3 is 0 Å². The summed E-state index contributed by atoms with van der Waals surface area (Å²) in [5.41, 5.74) is -1.57. The van der Waals surface area contributed by atoms with Crippen molar-refractivity contribution in [3.63, 3.8) is 0 Å². The molecule has 2 amide bonds. The highest BCUT2D eigenvalue weighted by atomic mass is 19.1. The molecule has 1 saturated heterocycles. The molecule has 0 radical (unpaired) electrons.